The number of benzene rings is 1. The van der Waals surface area contributed by atoms with E-state index >= 15 is 0 Å². The lowest BCUT2D eigenvalue weighted by atomic mass is 10.1. The summed E-state index contributed by atoms with van der Waals surface area (Å²) in [6, 6.07) is 8.66. The summed E-state index contributed by atoms with van der Waals surface area (Å²) in [5.41, 5.74) is 0.407. The van der Waals surface area contributed by atoms with E-state index in [-0.39, 0.29) is 16.6 Å². The predicted octanol–water partition coefficient (Wildman–Crippen LogP) is 1.74. The Morgan fingerprint density at radius 3 is 2.43 bits per heavy atom. The van der Waals surface area contributed by atoms with Crippen LogP contribution < -0.4 is 0 Å². The molecule has 1 saturated heterocycles. The summed E-state index contributed by atoms with van der Waals surface area (Å²) in [7, 11) is 0. The van der Waals surface area contributed by atoms with E-state index in [1.807, 2.05) is 35.2 Å². The van der Waals surface area contributed by atoms with E-state index in [1.165, 1.54) is 0 Å². The Morgan fingerprint density at radius 2 is 1.91 bits per heavy atom. The first kappa shape index (κ1) is 18.6. The minimum absolute atomic E-state index is 0.114. The summed E-state index contributed by atoms with van der Waals surface area (Å²) in [5.74, 6) is -0.446. The van der Waals surface area contributed by atoms with Crippen LogP contribution in [-0.2, 0) is 16.1 Å². The lowest BCUT2D eigenvalue weighted by molar-refractivity contribution is -0.164. The largest absolute Gasteiger partial charge is 0.459 e. The van der Waals surface area contributed by atoms with Gasteiger partial charge in [-0.3, -0.25) is 9.69 Å². The van der Waals surface area contributed by atoms with Gasteiger partial charge < -0.3 is 14.9 Å². The van der Waals surface area contributed by atoms with E-state index in [4.69, 9.17) is 4.74 Å². The van der Waals surface area contributed by atoms with Crippen LogP contribution in [0.2, 0.25) is 0 Å². The van der Waals surface area contributed by atoms with Crippen molar-refractivity contribution in [3.05, 3.63) is 35.9 Å². The second-order valence-electron chi connectivity index (χ2n) is 6.82. The fraction of sp³-hybridized carbons (Fsp3) is 0.588. The topological polar surface area (TPSA) is 70.0 Å². The molecule has 0 aliphatic carbocycles. The molecule has 6 heteroatoms. The average molecular weight is 433 g/mol. The van der Waals surface area contributed by atoms with E-state index in [2.05, 4.69) is 22.6 Å². The van der Waals surface area contributed by atoms with Crippen LogP contribution in [0.1, 0.15) is 26.3 Å². The van der Waals surface area contributed by atoms with Crippen molar-refractivity contribution in [1.82, 2.24) is 4.90 Å². The zero-order valence-corrected chi connectivity index (χ0v) is 15.8. The highest BCUT2D eigenvalue weighted by Crippen LogP contribution is 2.33. The van der Waals surface area contributed by atoms with Crippen molar-refractivity contribution >= 4 is 28.6 Å². The molecule has 5 nitrogen and oxygen atoms in total. The summed E-state index contributed by atoms with van der Waals surface area (Å²) in [6.07, 6.45) is -0.869. The first-order chi connectivity index (χ1) is 10.7. The van der Waals surface area contributed by atoms with Gasteiger partial charge >= 0.3 is 5.97 Å². The van der Waals surface area contributed by atoms with Crippen molar-refractivity contribution in [3.63, 3.8) is 0 Å². The van der Waals surface area contributed by atoms with Crippen LogP contribution in [0.5, 0.6) is 0 Å². The number of likely N-dealkylation sites (tertiary alicyclic amines) is 1. The van der Waals surface area contributed by atoms with Gasteiger partial charge in [0, 0.05) is 12.6 Å². The molecule has 23 heavy (non-hydrogen) atoms. The van der Waals surface area contributed by atoms with Crippen LogP contribution in [0.4, 0.5) is 0 Å². The molecule has 1 aliphatic rings. The molecule has 1 aliphatic heterocycles. The Morgan fingerprint density at radius 1 is 1.30 bits per heavy atom. The van der Waals surface area contributed by atoms with Crippen molar-refractivity contribution in [1.29, 1.82) is 0 Å². The van der Waals surface area contributed by atoms with Crippen LogP contribution in [-0.4, -0.2) is 55.4 Å². The molecule has 1 heterocycles. The number of ether oxygens (including phenoxy) is 1. The summed E-state index contributed by atoms with van der Waals surface area (Å²) in [4.78, 5) is 14.4. The average Bonchev–Trinajstić information content (AvgIpc) is 2.69. The monoisotopic (exact) mass is 433 g/mol. The molecule has 0 saturated carbocycles. The number of halogens is 1. The van der Waals surface area contributed by atoms with Crippen molar-refractivity contribution in [2.24, 2.45) is 0 Å². The third-order valence-electron chi connectivity index (χ3n) is 3.84. The zero-order chi connectivity index (χ0) is 17.2. The molecule has 0 radical (unpaired) electrons. The number of nitrogens with zero attached hydrogens (tertiary/aromatic N) is 1. The van der Waals surface area contributed by atoms with Crippen LogP contribution in [0.25, 0.3) is 0 Å². The van der Waals surface area contributed by atoms with E-state index in [0.29, 0.717) is 6.54 Å². The van der Waals surface area contributed by atoms with Gasteiger partial charge in [-0.25, -0.2) is 0 Å². The van der Waals surface area contributed by atoms with Gasteiger partial charge in [0.15, 0.2) is 0 Å². The number of aliphatic hydroxyl groups is 2. The SMILES string of the molecule is CC(C)(C)OC(=O)[C@@H]1[C@H](O)[C@@H](I)[C@H](CO)N1Cc1ccccc1. The van der Waals surface area contributed by atoms with Crippen molar-refractivity contribution in [2.45, 2.75) is 55.0 Å². The first-order valence-electron chi connectivity index (χ1n) is 7.70. The molecule has 0 amide bonds. The Kier molecular flexibility index (Phi) is 6.05. The predicted molar refractivity (Wildman–Crippen MR) is 96.3 cm³/mol. The molecule has 2 N–H and O–H groups in total. The molecule has 2 rings (SSSR count). The third-order valence-corrected chi connectivity index (χ3v) is 5.41. The Hall–Kier alpha value is -0.700. The molecule has 1 aromatic rings. The lowest BCUT2D eigenvalue weighted by Crippen LogP contribution is -2.47. The molecule has 0 bridgehead atoms. The van der Waals surface area contributed by atoms with Crippen molar-refractivity contribution in [3.8, 4) is 0 Å². The third kappa shape index (κ3) is 4.43. The number of hydrogen-bond donors (Lipinski definition) is 2. The quantitative estimate of drug-likeness (QED) is 0.430. The van der Waals surface area contributed by atoms with Crippen LogP contribution in [0, 0.1) is 0 Å². The van der Waals surface area contributed by atoms with E-state index in [9.17, 15) is 15.0 Å². The summed E-state index contributed by atoms with van der Waals surface area (Å²) < 4.78 is 5.24. The summed E-state index contributed by atoms with van der Waals surface area (Å²) in [5, 5.41) is 20.2. The minimum Gasteiger partial charge on any atom is -0.459 e. The van der Waals surface area contributed by atoms with Crippen LogP contribution >= 0.6 is 22.6 Å². The highest BCUT2D eigenvalue weighted by molar-refractivity contribution is 14.1. The number of carbonyl (C=O) groups is 1. The Labute approximate surface area is 150 Å². The highest BCUT2D eigenvalue weighted by Gasteiger charge is 2.51. The van der Waals surface area contributed by atoms with Gasteiger partial charge in [0.2, 0.25) is 0 Å². The minimum atomic E-state index is -0.869. The van der Waals surface area contributed by atoms with Gasteiger partial charge in [-0.05, 0) is 26.3 Å². The molecule has 4 atom stereocenters. The first-order valence-corrected chi connectivity index (χ1v) is 8.94. The Bertz CT molecular complexity index is 531. The standard InChI is InChI=1S/C17H24INO4/c1-17(2,3)23-16(22)14-15(21)13(18)12(10-20)19(14)9-11-7-5-4-6-8-11/h4-8,12-15,20-21H,9-10H2,1-3H3/t12-,13-,14-,15+/m0/s1. The fourth-order valence-electron chi connectivity index (χ4n) is 2.84. The maximum Gasteiger partial charge on any atom is 0.326 e. The number of carbonyl (C=O) groups excluding carboxylic acids is 1. The van der Waals surface area contributed by atoms with Crippen molar-refractivity contribution < 1.29 is 19.7 Å². The van der Waals surface area contributed by atoms with Crippen LogP contribution in [0.15, 0.2) is 30.3 Å². The number of aliphatic hydroxyl groups excluding tert-OH is 2. The van der Waals surface area contributed by atoms with Gasteiger partial charge in [-0.15, -0.1) is 0 Å². The molecule has 0 aromatic heterocycles. The summed E-state index contributed by atoms with van der Waals surface area (Å²) in [6.45, 7) is 5.78. The Balaban J connectivity index is 2.26. The van der Waals surface area contributed by atoms with E-state index < -0.39 is 23.7 Å². The number of rotatable bonds is 4. The van der Waals surface area contributed by atoms with Crippen molar-refractivity contribution in [2.75, 3.05) is 6.61 Å². The molecular weight excluding hydrogens is 409 g/mol. The van der Waals surface area contributed by atoms with Gasteiger partial charge in [-0.1, -0.05) is 52.9 Å². The second-order valence-corrected chi connectivity index (χ2v) is 8.26. The summed E-state index contributed by atoms with van der Waals surface area (Å²) >= 11 is 2.10. The number of hydrogen-bond acceptors (Lipinski definition) is 5. The van der Waals surface area contributed by atoms with Gasteiger partial charge in [0.05, 0.1) is 16.6 Å². The van der Waals surface area contributed by atoms with E-state index in [1.54, 1.807) is 20.8 Å². The zero-order valence-electron chi connectivity index (χ0n) is 13.6. The van der Waals surface area contributed by atoms with Gasteiger partial charge in [-0.2, -0.15) is 0 Å². The lowest BCUT2D eigenvalue weighted by Gasteiger charge is -2.30. The molecule has 0 unspecified atom stereocenters. The molecule has 128 valence electrons. The smallest absolute Gasteiger partial charge is 0.326 e. The number of esters is 1. The number of alkyl halides is 1. The van der Waals surface area contributed by atoms with Crippen LogP contribution in [0.3, 0.4) is 0 Å². The van der Waals surface area contributed by atoms with Gasteiger partial charge in [0.1, 0.15) is 11.6 Å². The van der Waals surface area contributed by atoms with E-state index in [0.717, 1.165) is 5.56 Å². The molecule has 1 aromatic carbocycles. The molecule has 1 fully saturated rings. The van der Waals surface area contributed by atoms with Gasteiger partial charge in [0.25, 0.3) is 0 Å². The fourth-order valence-corrected chi connectivity index (χ4v) is 3.87. The maximum absolute atomic E-state index is 12.6. The second kappa shape index (κ2) is 7.46. The molecule has 0 spiro atoms. The molecular formula is C17H24INO4. The normalized spacial score (nSPS) is 28.8. The highest BCUT2D eigenvalue weighted by atomic mass is 127. The maximum atomic E-state index is 12.6.